The fraction of sp³-hybridized carbons (Fsp3) is 0.375. The average molecular weight is 416 g/mol. The number of carbonyl (C=O) groups is 1. The smallest absolute Gasteiger partial charge is 0.458 e. The Kier molecular flexibility index (Phi) is 5.51. The summed E-state index contributed by atoms with van der Waals surface area (Å²) in [6, 6.07) is 5.96. The zero-order valence-electron chi connectivity index (χ0n) is 13.8. The first-order valence-electron chi connectivity index (χ1n) is 7.40. The van der Waals surface area contributed by atoms with Crippen LogP contribution in [0.15, 0.2) is 28.7 Å². The molecule has 1 aromatic heterocycles. The number of esters is 1. The fourth-order valence-electron chi connectivity index (χ4n) is 2.09. The molecular formula is C16H12ClF6NO3. The second-order valence-electron chi connectivity index (χ2n) is 5.43. The highest BCUT2D eigenvalue weighted by atomic mass is 35.5. The molecule has 1 heterocycles. The molecule has 11 heteroatoms. The highest BCUT2D eigenvalue weighted by molar-refractivity contribution is 6.24. The van der Waals surface area contributed by atoms with E-state index in [2.05, 4.69) is 9.72 Å². The van der Waals surface area contributed by atoms with E-state index in [0.717, 1.165) is 0 Å². The maximum absolute atomic E-state index is 14.5. The van der Waals surface area contributed by atoms with Crippen molar-refractivity contribution in [2.75, 3.05) is 6.61 Å². The molecule has 27 heavy (non-hydrogen) atoms. The molecule has 0 aliphatic heterocycles. The third-order valence-corrected chi connectivity index (χ3v) is 3.81. The van der Waals surface area contributed by atoms with Gasteiger partial charge in [0, 0.05) is 5.56 Å². The number of ether oxygens (including phenoxy) is 1. The van der Waals surface area contributed by atoms with Crippen LogP contribution in [0.5, 0.6) is 0 Å². The molecule has 1 atom stereocenters. The van der Waals surface area contributed by atoms with Crippen LogP contribution in [0.2, 0.25) is 0 Å². The summed E-state index contributed by atoms with van der Waals surface area (Å²) in [6.07, 6.45) is -6.36. The van der Waals surface area contributed by atoms with Gasteiger partial charge in [-0.1, -0.05) is 29.3 Å². The zero-order valence-corrected chi connectivity index (χ0v) is 14.6. The van der Waals surface area contributed by atoms with Crippen molar-refractivity contribution >= 4 is 17.6 Å². The van der Waals surface area contributed by atoms with Crippen molar-refractivity contribution in [1.82, 2.24) is 4.98 Å². The Bertz CT molecular complexity index is 847. The lowest BCUT2D eigenvalue weighted by atomic mass is 10.1. The monoisotopic (exact) mass is 415 g/mol. The van der Waals surface area contributed by atoms with E-state index in [0.29, 0.717) is 5.56 Å². The Morgan fingerprint density at radius 3 is 2.37 bits per heavy atom. The molecule has 0 saturated heterocycles. The Morgan fingerprint density at radius 1 is 1.22 bits per heavy atom. The molecule has 0 aliphatic rings. The SMILES string of the molecule is CCOC(=O)c1nc(-c2cccc(C)c2)oc1C(F)(Cl)C(F)(F)C(F)(F)F. The van der Waals surface area contributed by atoms with Crippen LogP contribution in [0, 0.1) is 6.92 Å². The molecule has 1 aromatic carbocycles. The molecular weight excluding hydrogens is 404 g/mol. The number of hydrogen-bond acceptors (Lipinski definition) is 4. The number of aromatic nitrogens is 1. The summed E-state index contributed by atoms with van der Waals surface area (Å²) < 4.78 is 88.9. The zero-order chi connectivity index (χ0) is 20.6. The summed E-state index contributed by atoms with van der Waals surface area (Å²) in [5.74, 6) is -9.90. The van der Waals surface area contributed by atoms with Crippen LogP contribution in [0.4, 0.5) is 26.3 Å². The van der Waals surface area contributed by atoms with E-state index in [-0.39, 0.29) is 12.2 Å². The van der Waals surface area contributed by atoms with E-state index >= 15 is 0 Å². The molecule has 4 nitrogen and oxygen atoms in total. The second-order valence-corrected chi connectivity index (χ2v) is 5.95. The Balaban J connectivity index is 2.68. The van der Waals surface area contributed by atoms with Crippen LogP contribution in [0.3, 0.4) is 0 Å². The molecule has 0 spiro atoms. The summed E-state index contributed by atoms with van der Waals surface area (Å²) in [5, 5.41) is -4.93. The van der Waals surface area contributed by atoms with Gasteiger partial charge in [-0.15, -0.1) is 0 Å². The lowest BCUT2D eigenvalue weighted by Gasteiger charge is -2.28. The number of rotatable bonds is 5. The fourth-order valence-corrected chi connectivity index (χ4v) is 2.33. The number of halogens is 7. The molecule has 0 fully saturated rings. The summed E-state index contributed by atoms with van der Waals surface area (Å²) in [4.78, 5) is 15.4. The highest BCUT2D eigenvalue weighted by Crippen LogP contribution is 2.54. The van der Waals surface area contributed by atoms with Gasteiger partial charge < -0.3 is 9.15 Å². The third-order valence-electron chi connectivity index (χ3n) is 3.40. The van der Waals surface area contributed by atoms with Crippen LogP contribution in [0.1, 0.15) is 28.7 Å². The van der Waals surface area contributed by atoms with Gasteiger partial charge in [0.1, 0.15) is 0 Å². The van der Waals surface area contributed by atoms with Crippen LogP contribution in [-0.4, -0.2) is 29.7 Å². The maximum atomic E-state index is 14.5. The summed E-state index contributed by atoms with van der Waals surface area (Å²) in [6.45, 7) is 2.72. The number of aryl methyl sites for hydroxylation is 1. The molecule has 0 bridgehead atoms. The van der Waals surface area contributed by atoms with Crippen LogP contribution in [0.25, 0.3) is 11.5 Å². The predicted molar refractivity (Wildman–Crippen MR) is 82.3 cm³/mol. The molecule has 1 unspecified atom stereocenters. The molecule has 148 valence electrons. The highest BCUT2D eigenvalue weighted by Gasteiger charge is 2.74. The van der Waals surface area contributed by atoms with E-state index in [1.165, 1.54) is 25.1 Å². The van der Waals surface area contributed by atoms with E-state index in [9.17, 15) is 31.1 Å². The van der Waals surface area contributed by atoms with E-state index in [1.807, 2.05) is 0 Å². The first kappa shape index (κ1) is 21.1. The van der Waals surface area contributed by atoms with Crippen molar-refractivity contribution in [3.8, 4) is 11.5 Å². The summed E-state index contributed by atoms with van der Waals surface area (Å²) in [7, 11) is 0. The number of hydrogen-bond donors (Lipinski definition) is 0. The number of carbonyl (C=O) groups excluding carboxylic acids is 1. The van der Waals surface area contributed by atoms with E-state index in [1.54, 1.807) is 13.0 Å². The standard InChI is InChI=1S/C16H12ClF6NO3/c1-3-26-13(25)10-11(14(17,18)15(19,20)16(21,22)23)27-12(24-10)9-6-4-5-8(2)7-9/h4-7H,3H2,1-2H3. The molecule has 0 N–H and O–H groups in total. The minimum absolute atomic E-state index is 0.106. The quantitative estimate of drug-likeness (QED) is 0.373. The van der Waals surface area contributed by atoms with Crippen molar-refractivity contribution in [3.63, 3.8) is 0 Å². The molecule has 0 aliphatic carbocycles. The van der Waals surface area contributed by atoms with Crippen molar-refractivity contribution in [3.05, 3.63) is 41.3 Å². The topological polar surface area (TPSA) is 52.3 Å². The van der Waals surface area contributed by atoms with Gasteiger partial charge in [0.05, 0.1) is 6.61 Å². The first-order valence-corrected chi connectivity index (χ1v) is 7.78. The minimum Gasteiger partial charge on any atom is -0.461 e. The Hall–Kier alpha value is -2.23. The predicted octanol–water partition coefficient (Wildman–Crippen LogP) is 5.39. The molecule has 2 rings (SSSR count). The van der Waals surface area contributed by atoms with Crippen molar-refractivity contribution in [2.24, 2.45) is 0 Å². The Morgan fingerprint density at radius 2 is 1.85 bits per heavy atom. The minimum atomic E-state index is -6.36. The third kappa shape index (κ3) is 3.76. The number of oxazole rings is 1. The summed E-state index contributed by atoms with van der Waals surface area (Å²) >= 11 is 4.94. The second kappa shape index (κ2) is 7.06. The van der Waals surface area contributed by atoms with Crippen molar-refractivity contribution in [1.29, 1.82) is 0 Å². The van der Waals surface area contributed by atoms with Crippen molar-refractivity contribution < 1.29 is 40.3 Å². The molecule has 2 aromatic rings. The van der Waals surface area contributed by atoms with Crippen LogP contribution >= 0.6 is 11.6 Å². The van der Waals surface area contributed by atoms with Crippen molar-refractivity contribution in [2.45, 2.75) is 31.1 Å². The van der Waals surface area contributed by atoms with Gasteiger partial charge >= 0.3 is 23.2 Å². The van der Waals surface area contributed by atoms with Crippen LogP contribution in [-0.2, 0) is 9.86 Å². The van der Waals surface area contributed by atoms with Gasteiger partial charge in [-0.25, -0.2) is 14.2 Å². The number of alkyl halides is 7. The molecule has 0 amide bonds. The Labute approximate surface area is 154 Å². The first-order chi connectivity index (χ1) is 12.3. The van der Waals surface area contributed by atoms with Gasteiger partial charge in [-0.2, -0.15) is 22.0 Å². The average Bonchev–Trinajstić information content (AvgIpc) is 3.00. The van der Waals surface area contributed by atoms with E-state index in [4.69, 9.17) is 16.0 Å². The van der Waals surface area contributed by atoms with Gasteiger partial charge in [0.25, 0.3) is 0 Å². The lowest BCUT2D eigenvalue weighted by Crippen LogP contribution is -2.49. The maximum Gasteiger partial charge on any atom is 0.458 e. The number of nitrogens with zero attached hydrogens (tertiary/aromatic N) is 1. The molecule has 0 saturated carbocycles. The molecule has 0 radical (unpaired) electrons. The van der Waals surface area contributed by atoms with Gasteiger partial charge in [0.2, 0.25) is 5.89 Å². The largest absolute Gasteiger partial charge is 0.461 e. The van der Waals surface area contributed by atoms with Gasteiger partial charge in [-0.3, -0.25) is 0 Å². The number of benzene rings is 1. The van der Waals surface area contributed by atoms with E-state index < -0.39 is 40.5 Å². The van der Waals surface area contributed by atoms with Crippen LogP contribution < -0.4 is 0 Å². The van der Waals surface area contributed by atoms with Gasteiger partial charge in [0.15, 0.2) is 11.5 Å². The summed E-state index contributed by atoms with van der Waals surface area (Å²) in [5.41, 5.74) is -0.452. The van der Waals surface area contributed by atoms with Gasteiger partial charge in [-0.05, 0) is 26.0 Å². The lowest BCUT2D eigenvalue weighted by molar-refractivity contribution is -0.316. The normalized spacial score (nSPS) is 14.7.